The van der Waals surface area contributed by atoms with Crippen molar-refractivity contribution in [1.29, 1.82) is 0 Å². The maximum atomic E-state index is 13.0. The lowest BCUT2D eigenvalue weighted by Crippen LogP contribution is -2.39. The van der Waals surface area contributed by atoms with Crippen molar-refractivity contribution >= 4 is 5.91 Å². The molecule has 0 aliphatic heterocycles. The Bertz CT molecular complexity index is 457. The quantitative estimate of drug-likeness (QED) is 0.764. The summed E-state index contributed by atoms with van der Waals surface area (Å²) < 4.78 is 13.0. The first kappa shape index (κ1) is 15.9. The molecule has 1 unspecified atom stereocenters. The molecule has 5 heteroatoms. The molecule has 1 fully saturated rings. The predicted octanol–water partition coefficient (Wildman–Crippen LogP) is 1.54. The second-order valence-corrected chi connectivity index (χ2v) is 5.91. The highest BCUT2D eigenvalue weighted by atomic mass is 19.1. The molecular formula is C16H24FN3O. The fraction of sp³-hybridized carbons (Fsp3) is 0.562. The maximum Gasteiger partial charge on any atom is 0.234 e. The van der Waals surface area contributed by atoms with E-state index >= 15 is 0 Å². The number of amides is 1. The van der Waals surface area contributed by atoms with Crippen molar-refractivity contribution < 1.29 is 9.18 Å². The first-order chi connectivity index (χ1) is 10.1. The van der Waals surface area contributed by atoms with Crippen LogP contribution in [-0.2, 0) is 4.79 Å². The second-order valence-electron chi connectivity index (χ2n) is 5.91. The van der Waals surface area contributed by atoms with Gasteiger partial charge in [0.05, 0.1) is 12.6 Å². The molecule has 0 radical (unpaired) electrons. The van der Waals surface area contributed by atoms with Gasteiger partial charge in [0.15, 0.2) is 0 Å². The zero-order valence-corrected chi connectivity index (χ0v) is 12.7. The van der Waals surface area contributed by atoms with E-state index in [2.05, 4.69) is 10.6 Å². The topological polar surface area (TPSA) is 44.4 Å². The first-order valence-corrected chi connectivity index (χ1v) is 7.45. The van der Waals surface area contributed by atoms with Crippen molar-refractivity contribution in [3.8, 4) is 0 Å². The maximum absolute atomic E-state index is 13.0. The van der Waals surface area contributed by atoms with E-state index in [1.54, 1.807) is 12.1 Å². The smallest absolute Gasteiger partial charge is 0.234 e. The molecule has 1 saturated carbocycles. The summed E-state index contributed by atoms with van der Waals surface area (Å²) in [4.78, 5) is 13.8. The lowest BCUT2D eigenvalue weighted by molar-refractivity contribution is -0.120. The number of nitrogens with one attached hydrogen (secondary N) is 2. The number of benzene rings is 1. The van der Waals surface area contributed by atoms with Crippen LogP contribution in [0.2, 0.25) is 0 Å². The highest BCUT2D eigenvalue weighted by molar-refractivity contribution is 5.78. The minimum Gasteiger partial charge on any atom is -0.353 e. The van der Waals surface area contributed by atoms with Gasteiger partial charge in [-0.25, -0.2) is 4.39 Å². The Labute approximate surface area is 125 Å². The van der Waals surface area contributed by atoms with Gasteiger partial charge in [0.2, 0.25) is 5.91 Å². The van der Waals surface area contributed by atoms with E-state index in [4.69, 9.17) is 0 Å². The average Bonchev–Trinajstić information content (AvgIpc) is 3.25. The summed E-state index contributed by atoms with van der Waals surface area (Å²) in [6.45, 7) is 1.81. The summed E-state index contributed by atoms with van der Waals surface area (Å²) in [5, 5.41) is 6.11. The molecule has 1 aromatic carbocycles. The zero-order chi connectivity index (χ0) is 15.2. The molecule has 2 rings (SSSR count). The van der Waals surface area contributed by atoms with Gasteiger partial charge >= 0.3 is 0 Å². The van der Waals surface area contributed by atoms with Crippen molar-refractivity contribution in [3.05, 3.63) is 35.6 Å². The number of rotatable bonds is 8. The van der Waals surface area contributed by atoms with Crippen LogP contribution in [0.25, 0.3) is 0 Å². The monoisotopic (exact) mass is 293 g/mol. The highest BCUT2D eigenvalue weighted by Gasteiger charge is 2.21. The van der Waals surface area contributed by atoms with Crippen LogP contribution in [0.5, 0.6) is 0 Å². The first-order valence-electron chi connectivity index (χ1n) is 7.45. The summed E-state index contributed by atoms with van der Waals surface area (Å²) in [6.07, 6.45) is 2.56. The predicted molar refractivity (Wildman–Crippen MR) is 81.4 cm³/mol. The summed E-state index contributed by atoms with van der Waals surface area (Å²) in [5.74, 6) is 0.528. The fourth-order valence-corrected chi connectivity index (χ4v) is 2.27. The molecule has 21 heavy (non-hydrogen) atoms. The minimum absolute atomic E-state index is 0.00427. The SMILES string of the molecule is CN(C)C(CNC(=O)CNCC1CC1)c1ccc(F)cc1. The highest BCUT2D eigenvalue weighted by Crippen LogP contribution is 2.27. The summed E-state index contributed by atoms with van der Waals surface area (Å²) >= 11 is 0. The molecule has 0 bridgehead atoms. The zero-order valence-electron chi connectivity index (χ0n) is 12.7. The average molecular weight is 293 g/mol. The Kier molecular flexibility index (Phi) is 5.70. The molecule has 0 saturated heterocycles. The number of carbonyl (C=O) groups excluding carboxylic acids is 1. The Morgan fingerprint density at radius 3 is 2.57 bits per heavy atom. The van der Waals surface area contributed by atoms with Crippen molar-refractivity contribution in [1.82, 2.24) is 15.5 Å². The molecular weight excluding hydrogens is 269 g/mol. The molecule has 1 amide bonds. The van der Waals surface area contributed by atoms with Crippen molar-refractivity contribution in [3.63, 3.8) is 0 Å². The van der Waals surface area contributed by atoms with E-state index in [9.17, 15) is 9.18 Å². The number of halogens is 1. The van der Waals surface area contributed by atoms with Crippen molar-refractivity contribution in [2.24, 2.45) is 5.92 Å². The van der Waals surface area contributed by atoms with Gasteiger partial charge < -0.3 is 15.5 Å². The molecule has 116 valence electrons. The van der Waals surface area contributed by atoms with Crippen molar-refractivity contribution in [2.75, 3.05) is 33.7 Å². The lowest BCUT2D eigenvalue weighted by Gasteiger charge is -2.25. The molecule has 0 aromatic heterocycles. The largest absolute Gasteiger partial charge is 0.353 e. The summed E-state index contributed by atoms with van der Waals surface area (Å²) in [7, 11) is 3.90. The van der Waals surface area contributed by atoms with Crippen LogP contribution in [0.1, 0.15) is 24.4 Å². The lowest BCUT2D eigenvalue weighted by atomic mass is 10.1. The minimum atomic E-state index is -0.246. The second kappa shape index (κ2) is 7.52. The van der Waals surface area contributed by atoms with Gasteiger partial charge in [-0.1, -0.05) is 12.1 Å². The number of hydrogen-bond donors (Lipinski definition) is 2. The third-order valence-electron chi connectivity index (χ3n) is 3.79. The number of carbonyl (C=O) groups is 1. The Morgan fingerprint density at radius 2 is 2.00 bits per heavy atom. The van der Waals surface area contributed by atoms with Crippen LogP contribution in [0.15, 0.2) is 24.3 Å². The number of likely N-dealkylation sites (N-methyl/N-ethyl adjacent to an activating group) is 1. The van der Waals surface area contributed by atoms with E-state index in [1.807, 2.05) is 19.0 Å². The van der Waals surface area contributed by atoms with Gasteiger partial charge in [-0.05, 0) is 57.1 Å². The molecule has 4 nitrogen and oxygen atoms in total. The van der Waals surface area contributed by atoms with Gasteiger partial charge in [-0.3, -0.25) is 4.79 Å². The van der Waals surface area contributed by atoms with E-state index in [0.717, 1.165) is 18.0 Å². The normalized spacial score (nSPS) is 16.0. The van der Waals surface area contributed by atoms with Crippen LogP contribution in [0, 0.1) is 11.7 Å². The van der Waals surface area contributed by atoms with Gasteiger partial charge in [-0.15, -0.1) is 0 Å². The molecule has 2 N–H and O–H groups in total. The molecule has 1 aliphatic rings. The third kappa shape index (κ3) is 5.44. The van der Waals surface area contributed by atoms with Crippen LogP contribution in [0.3, 0.4) is 0 Å². The van der Waals surface area contributed by atoms with Gasteiger partial charge in [0.1, 0.15) is 5.82 Å². The van der Waals surface area contributed by atoms with Crippen molar-refractivity contribution in [2.45, 2.75) is 18.9 Å². The van der Waals surface area contributed by atoms with Gasteiger partial charge in [0, 0.05) is 6.54 Å². The fourth-order valence-electron chi connectivity index (χ4n) is 2.27. The number of hydrogen-bond acceptors (Lipinski definition) is 3. The molecule has 0 spiro atoms. The molecule has 1 aliphatic carbocycles. The van der Waals surface area contributed by atoms with Gasteiger partial charge in [-0.2, -0.15) is 0 Å². The van der Waals surface area contributed by atoms with E-state index in [0.29, 0.717) is 13.1 Å². The summed E-state index contributed by atoms with van der Waals surface area (Å²) in [6, 6.07) is 6.46. The Balaban J connectivity index is 1.78. The standard InChI is InChI=1S/C16H24FN3O/c1-20(2)15(13-5-7-14(17)8-6-13)10-19-16(21)11-18-9-12-3-4-12/h5-8,12,15,18H,3-4,9-11H2,1-2H3,(H,19,21). The van der Waals surface area contributed by atoms with Crippen LogP contribution in [0.4, 0.5) is 4.39 Å². The molecule has 1 atom stereocenters. The number of nitrogens with zero attached hydrogens (tertiary/aromatic N) is 1. The Morgan fingerprint density at radius 1 is 1.33 bits per heavy atom. The molecule has 1 aromatic rings. The summed E-state index contributed by atoms with van der Waals surface area (Å²) in [5.41, 5.74) is 0.993. The molecule has 0 heterocycles. The Hall–Kier alpha value is -1.46. The van der Waals surface area contributed by atoms with Crippen LogP contribution >= 0.6 is 0 Å². The third-order valence-corrected chi connectivity index (χ3v) is 3.79. The van der Waals surface area contributed by atoms with Crippen LogP contribution in [-0.4, -0.2) is 44.5 Å². The van der Waals surface area contributed by atoms with E-state index in [1.165, 1.54) is 25.0 Å². The van der Waals surface area contributed by atoms with E-state index in [-0.39, 0.29) is 17.8 Å². The van der Waals surface area contributed by atoms with Crippen LogP contribution < -0.4 is 10.6 Å². The van der Waals surface area contributed by atoms with Gasteiger partial charge in [0.25, 0.3) is 0 Å². The van der Waals surface area contributed by atoms with E-state index < -0.39 is 0 Å².